The van der Waals surface area contributed by atoms with E-state index in [4.69, 9.17) is 9.88 Å². The summed E-state index contributed by atoms with van der Waals surface area (Å²) in [5.41, 5.74) is 0.809. The first kappa shape index (κ1) is 18.9. The van der Waals surface area contributed by atoms with Gasteiger partial charge in [0.15, 0.2) is 0 Å². The maximum atomic E-state index is 12.1. The molecule has 0 aliphatic carbocycles. The molecule has 0 saturated carbocycles. The van der Waals surface area contributed by atoms with E-state index in [1.807, 2.05) is 0 Å². The molecule has 1 aliphatic heterocycles. The molecule has 134 valence electrons. The smallest absolute Gasteiger partial charge is 0.238 e. The summed E-state index contributed by atoms with van der Waals surface area (Å²) in [6.07, 6.45) is 0.226. The van der Waals surface area contributed by atoms with Crippen LogP contribution in [0.2, 0.25) is 0 Å². The summed E-state index contributed by atoms with van der Waals surface area (Å²) in [4.78, 5) is 14.4. The molecule has 2 rings (SSSR count). The van der Waals surface area contributed by atoms with Gasteiger partial charge in [-0.2, -0.15) is 0 Å². The van der Waals surface area contributed by atoms with Gasteiger partial charge in [0.05, 0.1) is 24.0 Å². The van der Waals surface area contributed by atoms with Crippen molar-refractivity contribution in [2.75, 3.05) is 19.7 Å². The standard InChI is InChI=1S/C16H25N3O4S/c1-12(2)19-7-8-23-14(11-19)9-16(20)18-10-13-3-5-15(6-4-13)24(17,21)22/h3-6,12,14H,7-11H2,1-2H3,(H,18,20)(H2,17,21,22). The monoisotopic (exact) mass is 355 g/mol. The minimum atomic E-state index is -3.69. The van der Waals surface area contributed by atoms with Crippen molar-refractivity contribution in [3.05, 3.63) is 29.8 Å². The molecule has 3 N–H and O–H groups in total. The first-order valence-electron chi connectivity index (χ1n) is 8.00. The Bertz CT molecular complexity index is 658. The van der Waals surface area contributed by atoms with E-state index in [9.17, 15) is 13.2 Å². The minimum Gasteiger partial charge on any atom is -0.375 e. The molecule has 1 saturated heterocycles. The Morgan fingerprint density at radius 3 is 2.62 bits per heavy atom. The van der Waals surface area contributed by atoms with Gasteiger partial charge in [-0.05, 0) is 31.5 Å². The lowest BCUT2D eigenvalue weighted by molar-refractivity contribution is -0.126. The molecule has 1 atom stereocenters. The first-order valence-corrected chi connectivity index (χ1v) is 9.54. The van der Waals surface area contributed by atoms with Gasteiger partial charge in [-0.3, -0.25) is 9.69 Å². The summed E-state index contributed by atoms with van der Waals surface area (Å²) in [6, 6.07) is 6.58. The lowest BCUT2D eigenvalue weighted by Gasteiger charge is -2.35. The number of benzene rings is 1. The van der Waals surface area contributed by atoms with E-state index in [-0.39, 0.29) is 16.9 Å². The average molecular weight is 355 g/mol. The highest BCUT2D eigenvalue weighted by atomic mass is 32.2. The van der Waals surface area contributed by atoms with Crippen LogP contribution in [0, 0.1) is 0 Å². The molecule has 0 radical (unpaired) electrons. The van der Waals surface area contributed by atoms with Crippen LogP contribution in [0.25, 0.3) is 0 Å². The van der Waals surface area contributed by atoms with E-state index in [1.54, 1.807) is 12.1 Å². The Morgan fingerprint density at radius 2 is 2.04 bits per heavy atom. The summed E-state index contributed by atoms with van der Waals surface area (Å²) in [5, 5.41) is 7.88. The molecular formula is C16H25N3O4S. The SMILES string of the molecule is CC(C)N1CCOC(CC(=O)NCc2ccc(S(N)(=O)=O)cc2)C1. The molecule has 8 heteroatoms. The number of nitrogens with one attached hydrogen (secondary N) is 1. The van der Waals surface area contributed by atoms with Gasteiger partial charge >= 0.3 is 0 Å². The molecule has 0 spiro atoms. The Hall–Kier alpha value is -1.48. The highest BCUT2D eigenvalue weighted by Crippen LogP contribution is 2.12. The number of morpholine rings is 1. The Labute approximate surface area is 143 Å². The van der Waals surface area contributed by atoms with E-state index >= 15 is 0 Å². The van der Waals surface area contributed by atoms with Crippen molar-refractivity contribution >= 4 is 15.9 Å². The number of amides is 1. The summed E-state index contributed by atoms with van der Waals surface area (Å²) in [7, 11) is -3.69. The summed E-state index contributed by atoms with van der Waals surface area (Å²) >= 11 is 0. The second kappa shape index (κ2) is 8.06. The highest BCUT2D eigenvalue weighted by Gasteiger charge is 2.24. The van der Waals surface area contributed by atoms with Crippen LogP contribution >= 0.6 is 0 Å². The van der Waals surface area contributed by atoms with Gasteiger partial charge in [0.1, 0.15) is 0 Å². The van der Waals surface area contributed by atoms with Crippen molar-refractivity contribution in [2.45, 2.75) is 43.9 Å². The number of ether oxygens (including phenoxy) is 1. The van der Waals surface area contributed by atoms with Gasteiger partial charge in [-0.15, -0.1) is 0 Å². The molecule has 1 unspecified atom stereocenters. The third-order valence-corrected chi connectivity index (χ3v) is 4.98. The van der Waals surface area contributed by atoms with Crippen molar-refractivity contribution in [2.24, 2.45) is 5.14 Å². The van der Waals surface area contributed by atoms with Gasteiger partial charge in [-0.1, -0.05) is 12.1 Å². The zero-order valence-corrected chi connectivity index (χ0v) is 14.9. The number of nitrogens with zero attached hydrogens (tertiary/aromatic N) is 1. The number of carbonyl (C=O) groups is 1. The van der Waals surface area contributed by atoms with Gasteiger partial charge in [-0.25, -0.2) is 13.6 Å². The topological polar surface area (TPSA) is 102 Å². The van der Waals surface area contributed by atoms with Crippen molar-refractivity contribution in [3.8, 4) is 0 Å². The van der Waals surface area contributed by atoms with Crippen molar-refractivity contribution < 1.29 is 17.9 Å². The number of carbonyl (C=O) groups excluding carboxylic acids is 1. The van der Waals surface area contributed by atoms with Crippen molar-refractivity contribution in [1.29, 1.82) is 0 Å². The van der Waals surface area contributed by atoms with E-state index in [2.05, 4.69) is 24.1 Å². The largest absolute Gasteiger partial charge is 0.375 e. The van der Waals surface area contributed by atoms with Crippen LogP contribution in [0.15, 0.2) is 29.2 Å². The van der Waals surface area contributed by atoms with Crippen molar-refractivity contribution in [1.82, 2.24) is 10.2 Å². The second-order valence-corrected chi connectivity index (χ2v) is 7.81. The van der Waals surface area contributed by atoms with Gasteiger partial charge in [0.25, 0.3) is 0 Å². The average Bonchev–Trinajstić information content (AvgIpc) is 2.53. The number of primary sulfonamides is 1. The Kier molecular flexibility index (Phi) is 6.34. The lowest BCUT2D eigenvalue weighted by Crippen LogP contribution is -2.47. The number of hydrogen-bond acceptors (Lipinski definition) is 5. The van der Waals surface area contributed by atoms with Crippen LogP contribution in [0.3, 0.4) is 0 Å². The molecule has 1 heterocycles. The second-order valence-electron chi connectivity index (χ2n) is 6.25. The molecular weight excluding hydrogens is 330 g/mol. The lowest BCUT2D eigenvalue weighted by atomic mass is 10.1. The number of rotatable bonds is 6. The third kappa shape index (κ3) is 5.55. The Balaban J connectivity index is 1.81. The summed E-state index contributed by atoms with van der Waals surface area (Å²) in [6.45, 7) is 6.90. The van der Waals surface area contributed by atoms with Crippen LogP contribution in [0.5, 0.6) is 0 Å². The predicted octanol–water partition coefficient (Wildman–Crippen LogP) is 0.450. The summed E-state index contributed by atoms with van der Waals surface area (Å²) in [5.74, 6) is -0.0823. The fourth-order valence-corrected chi connectivity index (χ4v) is 3.13. The molecule has 1 aromatic rings. The molecule has 1 amide bonds. The molecule has 0 bridgehead atoms. The van der Waals surface area contributed by atoms with Crippen LogP contribution in [0.4, 0.5) is 0 Å². The fourth-order valence-electron chi connectivity index (χ4n) is 2.61. The normalized spacial score (nSPS) is 19.4. The van der Waals surface area contributed by atoms with E-state index < -0.39 is 10.0 Å². The molecule has 1 fully saturated rings. The van der Waals surface area contributed by atoms with E-state index in [0.717, 1.165) is 18.7 Å². The number of sulfonamides is 1. The Morgan fingerprint density at radius 1 is 1.38 bits per heavy atom. The van der Waals surface area contributed by atoms with Crippen molar-refractivity contribution in [3.63, 3.8) is 0 Å². The summed E-state index contributed by atoms with van der Waals surface area (Å²) < 4.78 is 28.0. The van der Waals surface area contributed by atoms with Crippen LogP contribution < -0.4 is 10.5 Å². The highest BCUT2D eigenvalue weighted by molar-refractivity contribution is 7.89. The van der Waals surface area contributed by atoms with Gasteiger partial charge in [0, 0.05) is 25.7 Å². The van der Waals surface area contributed by atoms with Gasteiger partial charge < -0.3 is 10.1 Å². The van der Waals surface area contributed by atoms with Crippen LogP contribution in [-0.4, -0.2) is 51.1 Å². The molecule has 24 heavy (non-hydrogen) atoms. The third-order valence-electron chi connectivity index (χ3n) is 4.06. The zero-order chi connectivity index (χ0) is 17.7. The molecule has 0 aromatic heterocycles. The van der Waals surface area contributed by atoms with Gasteiger partial charge in [0.2, 0.25) is 15.9 Å². The zero-order valence-electron chi connectivity index (χ0n) is 14.1. The maximum Gasteiger partial charge on any atom is 0.238 e. The molecule has 7 nitrogen and oxygen atoms in total. The maximum absolute atomic E-state index is 12.1. The van der Waals surface area contributed by atoms with Crippen LogP contribution in [0.1, 0.15) is 25.8 Å². The first-order chi connectivity index (χ1) is 11.3. The number of hydrogen-bond donors (Lipinski definition) is 2. The van der Waals surface area contributed by atoms with E-state index in [1.165, 1.54) is 12.1 Å². The predicted molar refractivity (Wildman–Crippen MR) is 90.7 cm³/mol. The quantitative estimate of drug-likeness (QED) is 0.771. The van der Waals surface area contributed by atoms with Crippen LogP contribution in [-0.2, 0) is 26.1 Å². The molecule has 1 aromatic carbocycles. The number of nitrogens with two attached hydrogens (primary N) is 1. The minimum absolute atomic E-state index is 0.0574. The molecule has 1 aliphatic rings. The fraction of sp³-hybridized carbons (Fsp3) is 0.562. The van der Waals surface area contributed by atoms with E-state index in [0.29, 0.717) is 25.6 Å².